The van der Waals surface area contributed by atoms with Crippen LogP contribution in [0, 0.1) is 11.3 Å². The van der Waals surface area contributed by atoms with Crippen molar-refractivity contribution in [1.82, 2.24) is 0 Å². The standard InChI is InChI=1S/C12H13NO3/c1-14-10-8-12(16-3)11(15-2)7-9(10)5-4-6-13/h4-5,7-8H,1-3H3/b5-4+. The summed E-state index contributed by atoms with van der Waals surface area (Å²) in [5, 5.41) is 8.48. The number of benzene rings is 1. The van der Waals surface area contributed by atoms with Crippen LogP contribution in [0.3, 0.4) is 0 Å². The summed E-state index contributed by atoms with van der Waals surface area (Å²) in [6.45, 7) is 0. The molecule has 1 rings (SSSR count). The number of ether oxygens (including phenoxy) is 3. The van der Waals surface area contributed by atoms with Crippen LogP contribution in [0.15, 0.2) is 18.2 Å². The van der Waals surface area contributed by atoms with Crippen molar-refractivity contribution >= 4 is 6.08 Å². The van der Waals surface area contributed by atoms with Gasteiger partial charge < -0.3 is 14.2 Å². The third-order valence-electron chi connectivity index (χ3n) is 2.07. The normalized spacial score (nSPS) is 9.88. The van der Waals surface area contributed by atoms with Crippen LogP contribution >= 0.6 is 0 Å². The molecule has 16 heavy (non-hydrogen) atoms. The van der Waals surface area contributed by atoms with Gasteiger partial charge in [-0.05, 0) is 12.1 Å². The van der Waals surface area contributed by atoms with Gasteiger partial charge in [0.1, 0.15) is 5.75 Å². The monoisotopic (exact) mass is 219 g/mol. The molecule has 0 bridgehead atoms. The van der Waals surface area contributed by atoms with Gasteiger partial charge in [0.15, 0.2) is 11.5 Å². The Hall–Kier alpha value is -2.15. The van der Waals surface area contributed by atoms with E-state index in [1.54, 1.807) is 39.5 Å². The van der Waals surface area contributed by atoms with Gasteiger partial charge in [-0.15, -0.1) is 0 Å². The Bertz CT molecular complexity index is 433. The molecule has 0 spiro atoms. The highest BCUT2D eigenvalue weighted by molar-refractivity contribution is 5.64. The molecule has 0 aromatic heterocycles. The van der Waals surface area contributed by atoms with Crippen LogP contribution in [-0.2, 0) is 0 Å². The Morgan fingerprint density at radius 2 is 1.56 bits per heavy atom. The Morgan fingerprint density at radius 3 is 2.06 bits per heavy atom. The van der Waals surface area contributed by atoms with E-state index >= 15 is 0 Å². The number of rotatable bonds is 4. The fraction of sp³-hybridized carbons (Fsp3) is 0.250. The van der Waals surface area contributed by atoms with Crippen LogP contribution in [0.1, 0.15) is 5.56 Å². The summed E-state index contributed by atoms with van der Waals surface area (Å²) >= 11 is 0. The summed E-state index contributed by atoms with van der Waals surface area (Å²) in [6, 6.07) is 5.40. The van der Waals surface area contributed by atoms with Gasteiger partial charge in [0, 0.05) is 17.7 Å². The van der Waals surface area contributed by atoms with E-state index in [0.717, 1.165) is 5.56 Å². The lowest BCUT2D eigenvalue weighted by Crippen LogP contribution is -1.94. The summed E-state index contributed by atoms with van der Waals surface area (Å²) in [7, 11) is 4.68. The number of nitrogens with zero attached hydrogens (tertiary/aromatic N) is 1. The van der Waals surface area contributed by atoms with Crippen molar-refractivity contribution < 1.29 is 14.2 Å². The highest BCUT2D eigenvalue weighted by atomic mass is 16.5. The average molecular weight is 219 g/mol. The number of nitriles is 1. The number of hydrogen-bond donors (Lipinski definition) is 0. The van der Waals surface area contributed by atoms with Crippen molar-refractivity contribution in [2.24, 2.45) is 0 Å². The van der Waals surface area contributed by atoms with Crippen molar-refractivity contribution in [3.05, 3.63) is 23.8 Å². The molecule has 4 heteroatoms. The van der Waals surface area contributed by atoms with Crippen LogP contribution in [0.5, 0.6) is 17.2 Å². The second-order valence-corrected chi connectivity index (χ2v) is 2.91. The smallest absolute Gasteiger partial charge is 0.164 e. The predicted molar refractivity (Wildman–Crippen MR) is 60.7 cm³/mol. The molecule has 0 saturated heterocycles. The first kappa shape index (κ1) is 11.9. The summed E-state index contributed by atoms with van der Waals surface area (Å²) in [5.41, 5.74) is 0.765. The van der Waals surface area contributed by atoms with Crippen molar-refractivity contribution in [3.8, 4) is 23.3 Å². The fourth-order valence-electron chi connectivity index (χ4n) is 1.31. The van der Waals surface area contributed by atoms with Crippen molar-refractivity contribution in [1.29, 1.82) is 5.26 Å². The maximum absolute atomic E-state index is 8.48. The largest absolute Gasteiger partial charge is 0.496 e. The third kappa shape index (κ3) is 2.45. The van der Waals surface area contributed by atoms with Gasteiger partial charge in [-0.25, -0.2) is 0 Å². The van der Waals surface area contributed by atoms with Crippen molar-refractivity contribution in [3.63, 3.8) is 0 Å². The quantitative estimate of drug-likeness (QED) is 0.729. The Labute approximate surface area is 94.7 Å². The average Bonchev–Trinajstić information content (AvgIpc) is 2.35. The van der Waals surface area contributed by atoms with Gasteiger partial charge >= 0.3 is 0 Å². The Kier molecular flexibility index (Phi) is 4.22. The summed E-state index contributed by atoms with van der Waals surface area (Å²) in [6.07, 6.45) is 3.03. The molecule has 4 nitrogen and oxygen atoms in total. The zero-order valence-corrected chi connectivity index (χ0v) is 9.48. The van der Waals surface area contributed by atoms with E-state index < -0.39 is 0 Å². The molecule has 0 amide bonds. The molecule has 0 atom stereocenters. The van der Waals surface area contributed by atoms with Gasteiger partial charge in [-0.1, -0.05) is 0 Å². The van der Waals surface area contributed by atoms with E-state index in [4.69, 9.17) is 19.5 Å². The van der Waals surface area contributed by atoms with E-state index in [9.17, 15) is 0 Å². The molecule has 0 heterocycles. The predicted octanol–water partition coefficient (Wildman–Crippen LogP) is 2.25. The molecule has 0 unspecified atom stereocenters. The summed E-state index contributed by atoms with van der Waals surface area (Å²) in [4.78, 5) is 0. The molecule has 0 aliphatic rings. The minimum Gasteiger partial charge on any atom is -0.496 e. The highest BCUT2D eigenvalue weighted by Crippen LogP contribution is 2.35. The highest BCUT2D eigenvalue weighted by Gasteiger charge is 2.09. The molecule has 0 N–H and O–H groups in total. The number of methoxy groups -OCH3 is 3. The molecule has 1 aromatic carbocycles. The van der Waals surface area contributed by atoms with Gasteiger partial charge in [-0.3, -0.25) is 0 Å². The summed E-state index contributed by atoms with van der Waals surface area (Å²) < 4.78 is 15.5. The van der Waals surface area contributed by atoms with Gasteiger partial charge in [0.05, 0.1) is 27.4 Å². The van der Waals surface area contributed by atoms with Gasteiger partial charge in [-0.2, -0.15) is 5.26 Å². The Morgan fingerprint density at radius 1 is 1.00 bits per heavy atom. The molecular weight excluding hydrogens is 206 g/mol. The Balaban J connectivity index is 3.26. The van der Waals surface area contributed by atoms with Crippen molar-refractivity contribution in [2.45, 2.75) is 0 Å². The van der Waals surface area contributed by atoms with E-state index in [0.29, 0.717) is 17.2 Å². The number of hydrogen-bond acceptors (Lipinski definition) is 4. The van der Waals surface area contributed by atoms with Gasteiger partial charge in [0.2, 0.25) is 0 Å². The van der Waals surface area contributed by atoms with Crippen LogP contribution in [-0.4, -0.2) is 21.3 Å². The molecule has 84 valence electrons. The zero-order chi connectivity index (χ0) is 12.0. The lowest BCUT2D eigenvalue weighted by atomic mass is 10.1. The molecular formula is C12H13NO3. The van der Waals surface area contributed by atoms with E-state index in [2.05, 4.69) is 0 Å². The van der Waals surface area contributed by atoms with Crippen LogP contribution in [0.4, 0.5) is 0 Å². The van der Waals surface area contributed by atoms with E-state index in [1.807, 2.05) is 6.07 Å². The van der Waals surface area contributed by atoms with Crippen molar-refractivity contribution in [2.75, 3.05) is 21.3 Å². The van der Waals surface area contributed by atoms with Crippen LogP contribution < -0.4 is 14.2 Å². The lowest BCUT2D eigenvalue weighted by Gasteiger charge is -2.11. The molecule has 0 aliphatic carbocycles. The second-order valence-electron chi connectivity index (χ2n) is 2.91. The van der Waals surface area contributed by atoms with Gasteiger partial charge in [0.25, 0.3) is 0 Å². The minimum atomic E-state index is 0.591. The first-order chi connectivity index (χ1) is 7.76. The first-order valence-electron chi connectivity index (χ1n) is 4.63. The molecule has 0 radical (unpaired) electrons. The topological polar surface area (TPSA) is 51.5 Å². The third-order valence-corrected chi connectivity index (χ3v) is 2.07. The zero-order valence-electron chi connectivity index (χ0n) is 9.48. The van der Waals surface area contributed by atoms with E-state index in [-0.39, 0.29) is 0 Å². The molecule has 0 saturated carbocycles. The summed E-state index contributed by atoms with van der Waals surface area (Å²) in [5.74, 6) is 1.82. The number of allylic oxidation sites excluding steroid dienone is 1. The van der Waals surface area contributed by atoms with Crippen LogP contribution in [0.2, 0.25) is 0 Å². The second kappa shape index (κ2) is 5.66. The molecule has 1 aromatic rings. The lowest BCUT2D eigenvalue weighted by molar-refractivity contribution is 0.348. The first-order valence-corrected chi connectivity index (χ1v) is 4.63. The minimum absolute atomic E-state index is 0.591. The maximum Gasteiger partial charge on any atom is 0.164 e. The molecule has 0 aliphatic heterocycles. The SMILES string of the molecule is COc1cc(OC)c(OC)cc1/C=C/C#N. The maximum atomic E-state index is 8.48. The van der Waals surface area contributed by atoms with Crippen LogP contribution in [0.25, 0.3) is 6.08 Å². The van der Waals surface area contributed by atoms with E-state index in [1.165, 1.54) is 6.08 Å². The molecule has 0 fully saturated rings. The fourth-order valence-corrected chi connectivity index (χ4v) is 1.31.